The van der Waals surface area contributed by atoms with Crippen LogP contribution in [0.25, 0.3) is 0 Å². The minimum absolute atomic E-state index is 0.393. The molecule has 1 rings (SSSR count). The lowest BCUT2D eigenvalue weighted by molar-refractivity contribution is 0.408. The van der Waals surface area contributed by atoms with E-state index in [1.807, 2.05) is 25.1 Å². The zero-order valence-electron chi connectivity index (χ0n) is 7.87. The number of aryl methyl sites for hydroxylation is 1. The third-order valence-corrected chi connectivity index (χ3v) is 1.90. The van der Waals surface area contributed by atoms with Crippen LogP contribution in [0.4, 0.5) is 0 Å². The summed E-state index contributed by atoms with van der Waals surface area (Å²) in [6.07, 6.45) is 5.24. The molecular weight excluding hydrogens is 162 g/mol. The maximum absolute atomic E-state index is 5.70. The van der Waals surface area contributed by atoms with E-state index in [1.54, 1.807) is 7.11 Å². The van der Waals surface area contributed by atoms with E-state index in [4.69, 9.17) is 16.9 Å². The largest absolute Gasteiger partial charge is 0.496 e. The maximum Gasteiger partial charge on any atom is 0.124 e. The van der Waals surface area contributed by atoms with E-state index in [-0.39, 0.29) is 0 Å². The molecular formula is C11H13NO. The Hall–Kier alpha value is -1.46. The Balaban J connectivity index is 3.15. The Morgan fingerprint density at radius 3 is 2.77 bits per heavy atom. The first-order valence-corrected chi connectivity index (χ1v) is 4.05. The molecule has 0 spiro atoms. The highest BCUT2D eigenvalue weighted by molar-refractivity contribution is 5.41. The Morgan fingerprint density at radius 2 is 2.23 bits per heavy atom. The molecule has 68 valence electrons. The maximum atomic E-state index is 5.70. The van der Waals surface area contributed by atoms with E-state index in [0.29, 0.717) is 0 Å². The second-order valence-corrected chi connectivity index (χ2v) is 2.89. The highest BCUT2D eigenvalue weighted by atomic mass is 16.5. The average molecular weight is 175 g/mol. The number of rotatable bonds is 2. The minimum atomic E-state index is -0.393. The van der Waals surface area contributed by atoms with Gasteiger partial charge >= 0.3 is 0 Å². The number of ether oxygens (including phenoxy) is 1. The molecule has 0 radical (unpaired) electrons. The lowest BCUT2D eigenvalue weighted by Gasteiger charge is -2.11. The van der Waals surface area contributed by atoms with Crippen LogP contribution in [0.2, 0.25) is 0 Å². The lowest BCUT2D eigenvalue weighted by Crippen LogP contribution is -2.08. The fraction of sp³-hybridized carbons (Fsp3) is 0.273. The normalized spacial score (nSPS) is 11.8. The summed E-state index contributed by atoms with van der Waals surface area (Å²) in [5.74, 6) is 3.23. The van der Waals surface area contributed by atoms with E-state index in [9.17, 15) is 0 Å². The van der Waals surface area contributed by atoms with Gasteiger partial charge in [-0.1, -0.05) is 18.1 Å². The first kappa shape index (κ1) is 9.63. The van der Waals surface area contributed by atoms with Gasteiger partial charge in [-0.05, 0) is 18.6 Å². The zero-order chi connectivity index (χ0) is 9.84. The molecule has 1 aromatic rings. The number of methoxy groups -OCH3 is 1. The van der Waals surface area contributed by atoms with Gasteiger partial charge in [-0.2, -0.15) is 0 Å². The van der Waals surface area contributed by atoms with Crippen LogP contribution in [0.15, 0.2) is 18.2 Å². The van der Waals surface area contributed by atoms with E-state index in [2.05, 4.69) is 5.92 Å². The number of hydrogen-bond donors (Lipinski definition) is 1. The predicted octanol–water partition coefficient (Wildman–Crippen LogP) is 1.64. The van der Waals surface area contributed by atoms with Crippen molar-refractivity contribution in [2.45, 2.75) is 13.0 Å². The van der Waals surface area contributed by atoms with Gasteiger partial charge in [0.1, 0.15) is 5.75 Å². The summed E-state index contributed by atoms with van der Waals surface area (Å²) in [6, 6.07) is 5.40. The van der Waals surface area contributed by atoms with Crippen molar-refractivity contribution in [3.05, 3.63) is 29.3 Å². The first-order valence-electron chi connectivity index (χ1n) is 4.05. The highest BCUT2D eigenvalue weighted by Gasteiger charge is 2.08. The molecule has 2 nitrogen and oxygen atoms in total. The molecule has 0 aromatic heterocycles. The second kappa shape index (κ2) is 3.97. The summed E-state index contributed by atoms with van der Waals surface area (Å²) in [7, 11) is 1.61. The van der Waals surface area contributed by atoms with Crippen molar-refractivity contribution in [1.82, 2.24) is 0 Å². The molecule has 0 aliphatic rings. The van der Waals surface area contributed by atoms with Crippen molar-refractivity contribution in [3.63, 3.8) is 0 Å². The average Bonchev–Trinajstić information content (AvgIpc) is 2.16. The first-order chi connectivity index (χ1) is 6.19. The molecule has 0 bridgehead atoms. The van der Waals surface area contributed by atoms with Gasteiger partial charge in [0.05, 0.1) is 13.2 Å². The minimum Gasteiger partial charge on any atom is -0.496 e. The van der Waals surface area contributed by atoms with Crippen molar-refractivity contribution in [1.29, 1.82) is 0 Å². The van der Waals surface area contributed by atoms with Crippen molar-refractivity contribution in [3.8, 4) is 18.1 Å². The number of nitrogens with two attached hydrogens (primary N) is 1. The molecule has 1 atom stereocenters. The summed E-state index contributed by atoms with van der Waals surface area (Å²) >= 11 is 0. The molecule has 0 saturated heterocycles. The van der Waals surface area contributed by atoms with Crippen LogP contribution in [0, 0.1) is 19.3 Å². The Morgan fingerprint density at radius 1 is 1.54 bits per heavy atom. The van der Waals surface area contributed by atoms with Crippen LogP contribution in [0.1, 0.15) is 17.2 Å². The summed E-state index contributed by atoms with van der Waals surface area (Å²) in [6.45, 7) is 1.99. The molecule has 0 heterocycles. The van der Waals surface area contributed by atoms with Gasteiger partial charge < -0.3 is 10.5 Å². The molecule has 0 aliphatic carbocycles. The summed E-state index contributed by atoms with van der Waals surface area (Å²) < 4.78 is 5.17. The smallest absolute Gasteiger partial charge is 0.124 e. The van der Waals surface area contributed by atoms with Gasteiger partial charge in [0.15, 0.2) is 0 Å². The van der Waals surface area contributed by atoms with Gasteiger partial charge in [0, 0.05) is 5.56 Å². The fourth-order valence-corrected chi connectivity index (χ4v) is 1.17. The van der Waals surface area contributed by atoms with Gasteiger partial charge in [-0.15, -0.1) is 6.42 Å². The molecule has 0 saturated carbocycles. The monoisotopic (exact) mass is 175 g/mol. The van der Waals surface area contributed by atoms with Crippen LogP contribution in [0.3, 0.4) is 0 Å². The molecule has 2 N–H and O–H groups in total. The number of hydrogen-bond acceptors (Lipinski definition) is 2. The number of terminal acetylenes is 1. The Bertz CT molecular complexity index is 338. The molecule has 0 aliphatic heterocycles. The van der Waals surface area contributed by atoms with Gasteiger partial charge in [-0.25, -0.2) is 0 Å². The third-order valence-electron chi connectivity index (χ3n) is 1.90. The molecule has 1 aromatic carbocycles. The third kappa shape index (κ3) is 2.01. The predicted molar refractivity (Wildman–Crippen MR) is 53.5 cm³/mol. The van der Waals surface area contributed by atoms with E-state index >= 15 is 0 Å². The standard InChI is InChI=1S/C11H13NO/c1-4-10(12)9-6-5-8(2)7-11(9)13-3/h1,5-7,10H,12H2,2-3H3. The van der Waals surface area contributed by atoms with Crippen LogP contribution < -0.4 is 10.5 Å². The van der Waals surface area contributed by atoms with Crippen molar-refractivity contribution < 1.29 is 4.74 Å². The second-order valence-electron chi connectivity index (χ2n) is 2.89. The van der Waals surface area contributed by atoms with E-state index in [0.717, 1.165) is 16.9 Å². The Kier molecular flexibility index (Phi) is 2.94. The van der Waals surface area contributed by atoms with Crippen LogP contribution in [-0.4, -0.2) is 7.11 Å². The number of benzene rings is 1. The van der Waals surface area contributed by atoms with Crippen LogP contribution in [-0.2, 0) is 0 Å². The van der Waals surface area contributed by atoms with Gasteiger partial charge in [0.2, 0.25) is 0 Å². The molecule has 13 heavy (non-hydrogen) atoms. The quantitative estimate of drug-likeness (QED) is 0.693. The molecule has 1 unspecified atom stereocenters. The molecule has 0 amide bonds. The van der Waals surface area contributed by atoms with Gasteiger partial charge in [-0.3, -0.25) is 0 Å². The summed E-state index contributed by atoms with van der Waals surface area (Å²) in [5.41, 5.74) is 7.69. The zero-order valence-corrected chi connectivity index (χ0v) is 7.87. The van der Waals surface area contributed by atoms with Crippen molar-refractivity contribution in [2.75, 3.05) is 7.11 Å². The lowest BCUT2D eigenvalue weighted by atomic mass is 10.1. The Labute approximate surface area is 78.7 Å². The summed E-state index contributed by atoms with van der Waals surface area (Å²) in [4.78, 5) is 0. The van der Waals surface area contributed by atoms with E-state index in [1.165, 1.54) is 0 Å². The molecule has 2 heteroatoms. The topological polar surface area (TPSA) is 35.2 Å². The highest BCUT2D eigenvalue weighted by Crippen LogP contribution is 2.24. The van der Waals surface area contributed by atoms with E-state index < -0.39 is 6.04 Å². The van der Waals surface area contributed by atoms with Crippen LogP contribution >= 0.6 is 0 Å². The van der Waals surface area contributed by atoms with Crippen molar-refractivity contribution in [2.24, 2.45) is 5.73 Å². The van der Waals surface area contributed by atoms with Crippen LogP contribution in [0.5, 0.6) is 5.75 Å². The van der Waals surface area contributed by atoms with Gasteiger partial charge in [0.25, 0.3) is 0 Å². The molecule has 0 fully saturated rings. The summed E-state index contributed by atoms with van der Waals surface area (Å²) in [5, 5.41) is 0. The SMILES string of the molecule is C#CC(N)c1ccc(C)cc1OC. The van der Waals surface area contributed by atoms with Crippen molar-refractivity contribution >= 4 is 0 Å². The fourth-order valence-electron chi connectivity index (χ4n) is 1.17.